The summed E-state index contributed by atoms with van der Waals surface area (Å²) in [5.74, 6) is -0.958. The van der Waals surface area contributed by atoms with Crippen molar-refractivity contribution in [3.63, 3.8) is 0 Å². The zero-order valence-corrected chi connectivity index (χ0v) is 10.6. The number of aromatic carboxylic acids is 1. The van der Waals surface area contributed by atoms with Gasteiger partial charge in [0.15, 0.2) is 0 Å². The number of ether oxygens (including phenoxy) is 1. The van der Waals surface area contributed by atoms with Gasteiger partial charge in [-0.15, -0.1) is 0 Å². The van der Waals surface area contributed by atoms with Crippen LogP contribution in [0.2, 0.25) is 0 Å². The standard InChI is InChI=1S/C12H17NO5/c1-12(2,3)18-10(14)6-13-5-9-4-8(7-17-9)11(15)16/h4,7,13H,5-6H2,1-3H3,(H,15,16). The maximum Gasteiger partial charge on any atom is 0.338 e. The monoisotopic (exact) mass is 255 g/mol. The molecular weight excluding hydrogens is 238 g/mol. The van der Waals surface area contributed by atoms with Crippen LogP contribution in [0.4, 0.5) is 0 Å². The molecule has 6 nitrogen and oxygen atoms in total. The van der Waals surface area contributed by atoms with E-state index in [0.717, 1.165) is 6.26 Å². The molecule has 0 unspecified atom stereocenters. The molecule has 6 heteroatoms. The topological polar surface area (TPSA) is 88.8 Å². The van der Waals surface area contributed by atoms with Crippen LogP contribution in [0.5, 0.6) is 0 Å². The maximum absolute atomic E-state index is 11.4. The van der Waals surface area contributed by atoms with Crippen LogP contribution in [0.15, 0.2) is 16.7 Å². The first-order valence-electron chi connectivity index (χ1n) is 5.51. The Hall–Kier alpha value is -1.82. The molecule has 0 aliphatic heterocycles. The molecule has 0 saturated carbocycles. The molecule has 0 amide bonds. The van der Waals surface area contributed by atoms with E-state index in [-0.39, 0.29) is 24.6 Å². The van der Waals surface area contributed by atoms with Crippen LogP contribution in [-0.2, 0) is 16.1 Å². The van der Waals surface area contributed by atoms with Gasteiger partial charge < -0.3 is 14.3 Å². The quantitative estimate of drug-likeness (QED) is 0.773. The maximum atomic E-state index is 11.4. The summed E-state index contributed by atoms with van der Waals surface area (Å²) in [7, 11) is 0. The third-order valence-corrected chi connectivity index (χ3v) is 1.89. The molecule has 0 saturated heterocycles. The highest BCUT2D eigenvalue weighted by Gasteiger charge is 2.16. The highest BCUT2D eigenvalue weighted by atomic mass is 16.6. The third-order valence-electron chi connectivity index (χ3n) is 1.89. The van der Waals surface area contributed by atoms with Crippen molar-refractivity contribution in [3.05, 3.63) is 23.7 Å². The number of nitrogens with one attached hydrogen (secondary N) is 1. The van der Waals surface area contributed by atoms with E-state index in [1.165, 1.54) is 6.07 Å². The van der Waals surface area contributed by atoms with Gasteiger partial charge in [-0.3, -0.25) is 10.1 Å². The number of carbonyl (C=O) groups is 2. The average molecular weight is 255 g/mol. The van der Waals surface area contributed by atoms with Crippen LogP contribution in [-0.4, -0.2) is 29.2 Å². The molecule has 0 aromatic carbocycles. The van der Waals surface area contributed by atoms with E-state index < -0.39 is 11.6 Å². The first-order chi connectivity index (χ1) is 8.28. The molecule has 0 aliphatic rings. The van der Waals surface area contributed by atoms with Gasteiger partial charge in [0.25, 0.3) is 0 Å². The Balaban J connectivity index is 2.33. The molecule has 0 fully saturated rings. The first kappa shape index (κ1) is 14.2. The number of hydrogen-bond donors (Lipinski definition) is 2. The number of carboxylic acid groups (broad SMARTS) is 1. The van der Waals surface area contributed by atoms with Crippen LogP contribution >= 0.6 is 0 Å². The SMILES string of the molecule is CC(C)(C)OC(=O)CNCc1cc(C(=O)O)co1. The van der Waals surface area contributed by atoms with E-state index in [4.69, 9.17) is 14.3 Å². The predicted octanol–water partition coefficient (Wildman–Crippen LogP) is 1.41. The van der Waals surface area contributed by atoms with Gasteiger partial charge in [0.05, 0.1) is 18.7 Å². The summed E-state index contributed by atoms with van der Waals surface area (Å²) in [6.07, 6.45) is 1.16. The van der Waals surface area contributed by atoms with Crippen LogP contribution in [0, 0.1) is 0 Å². The fourth-order valence-electron chi connectivity index (χ4n) is 1.25. The Kier molecular flexibility index (Phi) is 4.49. The van der Waals surface area contributed by atoms with Gasteiger partial charge in [-0.25, -0.2) is 4.79 Å². The van der Waals surface area contributed by atoms with Crippen molar-refractivity contribution in [1.82, 2.24) is 5.32 Å². The summed E-state index contributed by atoms with van der Waals surface area (Å²) < 4.78 is 10.1. The lowest BCUT2D eigenvalue weighted by atomic mass is 10.2. The second kappa shape index (κ2) is 5.68. The first-order valence-corrected chi connectivity index (χ1v) is 5.51. The van der Waals surface area contributed by atoms with Gasteiger partial charge in [0, 0.05) is 0 Å². The molecule has 1 aromatic rings. The van der Waals surface area contributed by atoms with E-state index in [0.29, 0.717) is 5.76 Å². The van der Waals surface area contributed by atoms with E-state index in [9.17, 15) is 9.59 Å². The van der Waals surface area contributed by atoms with Crippen LogP contribution in [0.25, 0.3) is 0 Å². The van der Waals surface area contributed by atoms with E-state index in [1.54, 1.807) is 20.8 Å². The molecule has 0 bridgehead atoms. The zero-order valence-electron chi connectivity index (χ0n) is 10.6. The molecule has 18 heavy (non-hydrogen) atoms. The summed E-state index contributed by atoms with van der Waals surface area (Å²) in [4.78, 5) is 22.0. The molecular formula is C12H17NO5. The number of rotatable bonds is 5. The van der Waals surface area contributed by atoms with Crippen LogP contribution < -0.4 is 5.32 Å². The van der Waals surface area contributed by atoms with Crippen molar-refractivity contribution in [2.75, 3.05) is 6.54 Å². The van der Waals surface area contributed by atoms with Crippen molar-refractivity contribution in [2.24, 2.45) is 0 Å². The summed E-state index contributed by atoms with van der Waals surface area (Å²) in [5, 5.41) is 11.5. The Morgan fingerprint density at radius 1 is 1.44 bits per heavy atom. The fraction of sp³-hybridized carbons (Fsp3) is 0.500. The molecule has 0 atom stereocenters. The highest BCUT2D eigenvalue weighted by Crippen LogP contribution is 2.08. The Morgan fingerprint density at radius 3 is 2.61 bits per heavy atom. The Morgan fingerprint density at radius 2 is 2.11 bits per heavy atom. The minimum absolute atomic E-state index is 0.0420. The highest BCUT2D eigenvalue weighted by molar-refractivity contribution is 5.87. The van der Waals surface area contributed by atoms with E-state index in [2.05, 4.69) is 5.32 Å². The average Bonchev–Trinajstić information content (AvgIpc) is 2.63. The summed E-state index contributed by atoms with van der Waals surface area (Å²) in [6.45, 7) is 5.68. The number of esters is 1. The van der Waals surface area contributed by atoms with Gasteiger partial charge in [0.2, 0.25) is 0 Å². The third kappa shape index (κ3) is 5.01. The lowest BCUT2D eigenvalue weighted by Gasteiger charge is -2.19. The van der Waals surface area contributed by atoms with Gasteiger partial charge in [-0.05, 0) is 26.8 Å². The molecule has 1 rings (SSSR count). The van der Waals surface area contributed by atoms with Crippen LogP contribution in [0.3, 0.4) is 0 Å². The lowest BCUT2D eigenvalue weighted by molar-refractivity contribution is -0.153. The fourth-order valence-corrected chi connectivity index (χ4v) is 1.25. The van der Waals surface area contributed by atoms with Gasteiger partial charge in [-0.2, -0.15) is 0 Å². The summed E-state index contributed by atoms with van der Waals surface area (Å²) in [5.41, 5.74) is -0.427. The smallest absolute Gasteiger partial charge is 0.338 e. The summed E-state index contributed by atoms with van der Waals surface area (Å²) >= 11 is 0. The van der Waals surface area contributed by atoms with Crippen molar-refractivity contribution >= 4 is 11.9 Å². The zero-order chi connectivity index (χ0) is 13.8. The number of hydrogen-bond acceptors (Lipinski definition) is 5. The Labute approximate surface area is 105 Å². The van der Waals surface area contributed by atoms with Crippen molar-refractivity contribution in [2.45, 2.75) is 32.9 Å². The second-order valence-electron chi connectivity index (χ2n) is 4.80. The molecule has 0 radical (unpaired) electrons. The summed E-state index contributed by atoms with van der Waals surface area (Å²) in [6, 6.07) is 1.41. The van der Waals surface area contributed by atoms with Crippen molar-refractivity contribution in [1.29, 1.82) is 0 Å². The number of carboxylic acids is 1. The van der Waals surface area contributed by atoms with Gasteiger partial charge >= 0.3 is 11.9 Å². The molecule has 1 heterocycles. The van der Waals surface area contributed by atoms with Gasteiger partial charge in [0.1, 0.15) is 17.6 Å². The second-order valence-corrected chi connectivity index (χ2v) is 4.80. The minimum atomic E-state index is -1.04. The van der Waals surface area contributed by atoms with Crippen molar-refractivity contribution < 1.29 is 23.8 Å². The Bertz CT molecular complexity index is 430. The van der Waals surface area contributed by atoms with Crippen molar-refractivity contribution in [3.8, 4) is 0 Å². The minimum Gasteiger partial charge on any atom is -0.478 e. The van der Waals surface area contributed by atoms with E-state index >= 15 is 0 Å². The molecule has 2 N–H and O–H groups in total. The normalized spacial score (nSPS) is 11.3. The van der Waals surface area contributed by atoms with Gasteiger partial charge in [-0.1, -0.05) is 0 Å². The molecule has 0 spiro atoms. The molecule has 0 aliphatic carbocycles. The molecule has 1 aromatic heterocycles. The van der Waals surface area contributed by atoms with Crippen LogP contribution in [0.1, 0.15) is 36.9 Å². The number of furan rings is 1. The predicted molar refractivity (Wildman–Crippen MR) is 63.2 cm³/mol. The van der Waals surface area contributed by atoms with E-state index in [1.807, 2.05) is 0 Å². The molecule has 100 valence electrons. The lowest BCUT2D eigenvalue weighted by Crippen LogP contribution is -2.31. The number of carbonyl (C=O) groups excluding carboxylic acids is 1. The largest absolute Gasteiger partial charge is 0.478 e.